The van der Waals surface area contributed by atoms with Crippen molar-refractivity contribution in [3.05, 3.63) is 0 Å². The Hall–Kier alpha value is 0. The maximum atomic E-state index is 1.62. The molecular weight excluding hydrogens is 120 g/mol. The van der Waals surface area contributed by atoms with Gasteiger partial charge in [0.05, 0.1) is 0 Å². The van der Waals surface area contributed by atoms with Gasteiger partial charge in [0.1, 0.15) is 0 Å². The van der Waals surface area contributed by atoms with Crippen LogP contribution in [0.15, 0.2) is 0 Å². The second-order valence-corrected chi connectivity index (χ2v) is 4.78. The van der Waals surface area contributed by atoms with Gasteiger partial charge in [0, 0.05) is 0 Å². The molecule has 0 aromatic carbocycles. The van der Waals surface area contributed by atoms with E-state index in [4.69, 9.17) is 0 Å². The van der Waals surface area contributed by atoms with E-state index in [-0.39, 0.29) is 0 Å². The van der Waals surface area contributed by atoms with Crippen molar-refractivity contribution in [1.29, 1.82) is 0 Å². The van der Waals surface area contributed by atoms with Gasteiger partial charge in [0.25, 0.3) is 0 Å². The summed E-state index contributed by atoms with van der Waals surface area (Å²) in [5, 5.41) is 0. The van der Waals surface area contributed by atoms with Crippen LogP contribution in [-0.2, 0) is 0 Å². The second-order valence-electron chi connectivity index (χ2n) is 4.78. The molecule has 10 heavy (non-hydrogen) atoms. The van der Waals surface area contributed by atoms with Crippen molar-refractivity contribution in [2.75, 3.05) is 0 Å². The van der Waals surface area contributed by atoms with Crippen molar-refractivity contribution in [2.24, 2.45) is 17.3 Å². The van der Waals surface area contributed by atoms with Crippen LogP contribution in [0.1, 0.15) is 44.9 Å². The first kappa shape index (κ1) is 5.62. The molecule has 0 nitrogen and oxygen atoms in total. The third-order valence-corrected chi connectivity index (χ3v) is 4.30. The molecule has 4 saturated carbocycles. The van der Waals surface area contributed by atoms with E-state index >= 15 is 0 Å². The fourth-order valence-corrected chi connectivity index (χ4v) is 3.49. The van der Waals surface area contributed by atoms with Crippen molar-refractivity contribution in [3.8, 4) is 0 Å². The number of hydrogen-bond acceptors (Lipinski definition) is 0. The Labute approximate surface area is 63.0 Å². The molecule has 0 aliphatic heterocycles. The molecule has 4 rings (SSSR count). The van der Waals surface area contributed by atoms with E-state index in [1.807, 2.05) is 0 Å². The maximum absolute atomic E-state index is 1.62. The molecule has 56 valence electrons. The van der Waals surface area contributed by atoms with Gasteiger partial charge >= 0.3 is 0 Å². The summed E-state index contributed by atoms with van der Waals surface area (Å²) in [4.78, 5) is 0. The lowest BCUT2D eigenvalue weighted by atomic mass is 9.63. The van der Waals surface area contributed by atoms with E-state index in [2.05, 4.69) is 0 Å². The Morgan fingerprint density at radius 2 is 1.60 bits per heavy atom. The van der Waals surface area contributed by atoms with Crippen LogP contribution >= 0.6 is 0 Å². The van der Waals surface area contributed by atoms with Crippen molar-refractivity contribution >= 4 is 0 Å². The third kappa shape index (κ3) is 0.580. The van der Waals surface area contributed by atoms with Gasteiger partial charge < -0.3 is 0 Å². The first-order chi connectivity index (χ1) is 4.89. The van der Waals surface area contributed by atoms with Crippen molar-refractivity contribution in [2.45, 2.75) is 44.9 Å². The Balaban J connectivity index is 1.90. The lowest BCUT2D eigenvalue weighted by Gasteiger charge is -2.43. The largest absolute Gasteiger partial charge is 0.0501 e. The van der Waals surface area contributed by atoms with E-state index in [1.54, 1.807) is 44.9 Å². The summed E-state index contributed by atoms with van der Waals surface area (Å²) in [7, 11) is 0. The number of rotatable bonds is 0. The van der Waals surface area contributed by atoms with Gasteiger partial charge in [0.15, 0.2) is 0 Å². The zero-order chi connectivity index (χ0) is 6.60. The fourth-order valence-electron chi connectivity index (χ4n) is 3.49. The lowest BCUT2D eigenvalue weighted by Crippen LogP contribution is -2.32. The average Bonchev–Trinajstić information content (AvgIpc) is 2.72. The zero-order valence-corrected chi connectivity index (χ0v) is 6.60. The van der Waals surface area contributed by atoms with Crippen LogP contribution in [-0.4, -0.2) is 0 Å². The van der Waals surface area contributed by atoms with Crippen LogP contribution in [0, 0.1) is 17.3 Å². The van der Waals surface area contributed by atoms with Crippen LogP contribution in [0.2, 0.25) is 0 Å². The van der Waals surface area contributed by atoms with Gasteiger partial charge in [-0.25, -0.2) is 0 Å². The highest BCUT2D eigenvalue weighted by Crippen LogP contribution is 2.65. The Kier molecular flexibility index (Phi) is 0.898. The third-order valence-electron chi connectivity index (χ3n) is 4.30. The molecule has 0 heteroatoms. The molecule has 0 N–H and O–H groups in total. The normalized spacial score (nSPS) is 48.0. The first-order valence-electron chi connectivity index (χ1n) is 4.89. The maximum Gasteiger partial charge on any atom is -0.0266 e. The molecule has 0 unspecified atom stereocenters. The summed E-state index contributed by atoms with van der Waals surface area (Å²) in [5.74, 6) is 2.34. The number of hydrogen-bond donors (Lipinski definition) is 0. The Morgan fingerprint density at radius 3 is 1.90 bits per heavy atom. The molecule has 0 aromatic heterocycles. The molecule has 2 bridgehead atoms. The highest BCUT2D eigenvalue weighted by atomic mass is 14.6. The van der Waals surface area contributed by atoms with Gasteiger partial charge in [-0.15, -0.1) is 0 Å². The average molecular weight is 136 g/mol. The molecule has 1 spiro atoms. The summed E-state index contributed by atoms with van der Waals surface area (Å²) < 4.78 is 0. The predicted octanol–water partition coefficient (Wildman–Crippen LogP) is 2.98. The zero-order valence-electron chi connectivity index (χ0n) is 6.60. The molecule has 0 heterocycles. The van der Waals surface area contributed by atoms with Crippen molar-refractivity contribution in [1.82, 2.24) is 0 Å². The summed E-state index contributed by atoms with van der Waals surface area (Å²) in [6, 6.07) is 0. The molecule has 0 atom stereocenters. The van der Waals surface area contributed by atoms with E-state index in [9.17, 15) is 0 Å². The lowest BCUT2D eigenvalue weighted by molar-refractivity contribution is 0.0809. The van der Waals surface area contributed by atoms with E-state index in [1.165, 1.54) is 5.92 Å². The number of fused-ring (bicyclic) bond motifs is 2. The van der Waals surface area contributed by atoms with Gasteiger partial charge in [-0.05, 0) is 49.4 Å². The van der Waals surface area contributed by atoms with Gasteiger partial charge in [-0.2, -0.15) is 0 Å². The summed E-state index contributed by atoms with van der Waals surface area (Å²) in [6.07, 6.45) is 11.1. The smallest absolute Gasteiger partial charge is 0.0266 e. The summed E-state index contributed by atoms with van der Waals surface area (Å²) >= 11 is 0. The highest BCUT2D eigenvalue weighted by molar-refractivity contribution is 5.05. The van der Waals surface area contributed by atoms with E-state index < -0.39 is 0 Å². The van der Waals surface area contributed by atoms with Gasteiger partial charge in [-0.3, -0.25) is 0 Å². The molecule has 0 radical (unpaired) electrons. The molecule has 0 amide bonds. The first-order valence-corrected chi connectivity index (χ1v) is 4.89. The SMILES string of the molecule is C1CC2CCC1CC21CC1. The molecule has 4 fully saturated rings. The quantitative estimate of drug-likeness (QED) is 0.480. The van der Waals surface area contributed by atoms with E-state index in [0.29, 0.717) is 0 Å². The minimum absolute atomic E-state index is 0.946. The van der Waals surface area contributed by atoms with Crippen molar-refractivity contribution < 1.29 is 0 Å². The van der Waals surface area contributed by atoms with Gasteiger partial charge in [-0.1, -0.05) is 12.8 Å². The summed E-state index contributed by atoms with van der Waals surface area (Å²) in [5.41, 5.74) is 0.946. The molecule has 0 saturated heterocycles. The minimum Gasteiger partial charge on any atom is -0.0501 e. The highest BCUT2D eigenvalue weighted by Gasteiger charge is 2.54. The van der Waals surface area contributed by atoms with Crippen LogP contribution in [0.25, 0.3) is 0 Å². The van der Waals surface area contributed by atoms with E-state index in [0.717, 1.165) is 11.3 Å². The monoisotopic (exact) mass is 136 g/mol. The van der Waals surface area contributed by atoms with Crippen LogP contribution < -0.4 is 0 Å². The molecule has 4 aliphatic carbocycles. The van der Waals surface area contributed by atoms with Crippen LogP contribution in [0.5, 0.6) is 0 Å². The minimum atomic E-state index is 0.946. The van der Waals surface area contributed by atoms with Crippen LogP contribution in [0.4, 0.5) is 0 Å². The predicted molar refractivity (Wildman–Crippen MR) is 41.7 cm³/mol. The molecular formula is C10H16. The molecule has 4 aliphatic rings. The molecule has 0 aromatic rings. The summed E-state index contributed by atoms with van der Waals surface area (Å²) in [6.45, 7) is 0. The topological polar surface area (TPSA) is 0 Å². The standard InChI is InChI=1S/C10H16/c1-3-9-4-2-8(1)7-10(9)5-6-10/h8-9H,1-7H2. The van der Waals surface area contributed by atoms with Gasteiger partial charge in [0.2, 0.25) is 0 Å². The van der Waals surface area contributed by atoms with Crippen molar-refractivity contribution in [3.63, 3.8) is 0 Å². The van der Waals surface area contributed by atoms with Crippen LogP contribution in [0.3, 0.4) is 0 Å². The fraction of sp³-hybridized carbons (Fsp3) is 1.00. The second kappa shape index (κ2) is 1.60. The Morgan fingerprint density at radius 1 is 0.900 bits per heavy atom. The Bertz CT molecular complexity index is 147.